The zero-order valence-corrected chi connectivity index (χ0v) is 10.3. The summed E-state index contributed by atoms with van der Waals surface area (Å²) in [6.45, 7) is 7.17. The second-order valence-corrected chi connectivity index (χ2v) is 5.37. The predicted octanol–water partition coefficient (Wildman–Crippen LogP) is 0.766. The van der Waals surface area contributed by atoms with Gasteiger partial charge in [0.2, 0.25) is 5.91 Å². The highest BCUT2D eigenvalue weighted by Crippen LogP contribution is 2.18. The zero-order chi connectivity index (χ0) is 11.6. The number of ether oxygens (including phenoxy) is 1. The largest absolute Gasteiger partial charge is 0.372 e. The van der Waals surface area contributed by atoms with E-state index in [9.17, 15) is 4.79 Å². The topological polar surface area (TPSA) is 41.6 Å². The summed E-state index contributed by atoms with van der Waals surface area (Å²) in [7, 11) is 0. The maximum absolute atomic E-state index is 12.2. The molecule has 0 aromatic rings. The van der Waals surface area contributed by atoms with Crippen molar-refractivity contribution in [3.8, 4) is 0 Å². The van der Waals surface area contributed by atoms with Crippen LogP contribution < -0.4 is 5.32 Å². The molecule has 0 aliphatic carbocycles. The summed E-state index contributed by atoms with van der Waals surface area (Å²) in [6, 6.07) is 0.0441. The van der Waals surface area contributed by atoms with E-state index in [1.807, 2.05) is 18.7 Å². The molecule has 0 radical (unpaired) electrons. The standard InChI is InChI=1S/C12H22N2O2/c1-12(2)9-14(7-8-16-12)11(15)10-5-3-4-6-13-10/h10,13H,3-9H2,1-2H3. The van der Waals surface area contributed by atoms with E-state index >= 15 is 0 Å². The summed E-state index contributed by atoms with van der Waals surface area (Å²) in [6.07, 6.45) is 3.34. The van der Waals surface area contributed by atoms with Crippen LogP contribution >= 0.6 is 0 Å². The van der Waals surface area contributed by atoms with Crippen molar-refractivity contribution in [2.45, 2.75) is 44.8 Å². The Morgan fingerprint density at radius 1 is 1.44 bits per heavy atom. The number of nitrogens with one attached hydrogen (secondary N) is 1. The maximum atomic E-state index is 12.2. The zero-order valence-electron chi connectivity index (χ0n) is 10.3. The molecule has 2 aliphatic rings. The van der Waals surface area contributed by atoms with E-state index in [1.165, 1.54) is 6.42 Å². The molecule has 2 fully saturated rings. The van der Waals surface area contributed by atoms with E-state index in [0.29, 0.717) is 13.2 Å². The normalized spacial score (nSPS) is 30.1. The second kappa shape index (κ2) is 4.72. The first kappa shape index (κ1) is 11.9. The highest BCUT2D eigenvalue weighted by molar-refractivity contribution is 5.82. The van der Waals surface area contributed by atoms with Crippen LogP contribution in [0.1, 0.15) is 33.1 Å². The van der Waals surface area contributed by atoms with E-state index in [0.717, 1.165) is 25.9 Å². The number of carbonyl (C=O) groups excluding carboxylic acids is 1. The molecule has 0 aromatic heterocycles. The quantitative estimate of drug-likeness (QED) is 0.718. The summed E-state index contributed by atoms with van der Waals surface area (Å²) < 4.78 is 5.62. The van der Waals surface area contributed by atoms with Crippen LogP contribution in [0, 0.1) is 0 Å². The van der Waals surface area contributed by atoms with Gasteiger partial charge in [-0.15, -0.1) is 0 Å². The third kappa shape index (κ3) is 2.74. The average Bonchev–Trinajstić information content (AvgIpc) is 2.28. The maximum Gasteiger partial charge on any atom is 0.239 e. The van der Waals surface area contributed by atoms with Crippen LogP contribution in [0.4, 0.5) is 0 Å². The van der Waals surface area contributed by atoms with E-state index in [1.54, 1.807) is 0 Å². The minimum atomic E-state index is -0.192. The van der Waals surface area contributed by atoms with Crippen LogP contribution in [0.15, 0.2) is 0 Å². The van der Waals surface area contributed by atoms with E-state index in [4.69, 9.17) is 4.74 Å². The highest BCUT2D eigenvalue weighted by atomic mass is 16.5. The molecule has 4 heteroatoms. The first-order valence-corrected chi connectivity index (χ1v) is 6.25. The summed E-state index contributed by atoms with van der Waals surface area (Å²) in [4.78, 5) is 14.2. The predicted molar refractivity (Wildman–Crippen MR) is 62.3 cm³/mol. The number of piperidine rings is 1. The number of hydrogen-bond donors (Lipinski definition) is 1. The number of hydrogen-bond acceptors (Lipinski definition) is 3. The molecule has 0 saturated carbocycles. The van der Waals surface area contributed by atoms with Gasteiger partial charge in [0.1, 0.15) is 0 Å². The average molecular weight is 226 g/mol. The van der Waals surface area contributed by atoms with Crippen LogP contribution in [-0.2, 0) is 9.53 Å². The molecule has 1 atom stereocenters. The third-order valence-electron chi connectivity index (χ3n) is 3.35. The molecule has 0 bridgehead atoms. The number of nitrogens with zero attached hydrogens (tertiary/aromatic N) is 1. The SMILES string of the molecule is CC1(C)CN(C(=O)C2CCCCN2)CCO1. The molecule has 1 unspecified atom stereocenters. The first-order chi connectivity index (χ1) is 7.58. The second-order valence-electron chi connectivity index (χ2n) is 5.37. The lowest BCUT2D eigenvalue weighted by molar-refractivity contribution is -0.148. The molecular formula is C12H22N2O2. The monoisotopic (exact) mass is 226 g/mol. The molecule has 1 N–H and O–H groups in total. The lowest BCUT2D eigenvalue weighted by Crippen LogP contribution is -2.56. The van der Waals surface area contributed by atoms with Gasteiger partial charge >= 0.3 is 0 Å². The minimum absolute atomic E-state index is 0.0441. The Balaban J connectivity index is 1.93. The Labute approximate surface area is 97.3 Å². The van der Waals surface area contributed by atoms with Gasteiger partial charge in [-0.2, -0.15) is 0 Å². The molecule has 1 amide bonds. The molecule has 2 heterocycles. The van der Waals surface area contributed by atoms with Crippen LogP contribution in [0.2, 0.25) is 0 Å². The van der Waals surface area contributed by atoms with Crippen LogP contribution in [0.5, 0.6) is 0 Å². The number of morpholine rings is 1. The van der Waals surface area contributed by atoms with Crippen LogP contribution in [-0.4, -0.2) is 48.7 Å². The minimum Gasteiger partial charge on any atom is -0.372 e. The lowest BCUT2D eigenvalue weighted by Gasteiger charge is -2.40. The first-order valence-electron chi connectivity index (χ1n) is 6.25. The van der Waals surface area contributed by atoms with E-state index < -0.39 is 0 Å². The molecule has 2 rings (SSSR count). The molecule has 4 nitrogen and oxygen atoms in total. The fourth-order valence-corrected chi connectivity index (χ4v) is 2.49. The molecule has 0 aromatic carbocycles. The van der Waals surface area contributed by atoms with Crippen molar-refractivity contribution in [2.24, 2.45) is 0 Å². The lowest BCUT2D eigenvalue weighted by atomic mass is 10.0. The Morgan fingerprint density at radius 2 is 2.25 bits per heavy atom. The van der Waals surface area contributed by atoms with Gasteiger partial charge in [0.05, 0.1) is 18.2 Å². The van der Waals surface area contributed by atoms with Crippen molar-refractivity contribution in [3.05, 3.63) is 0 Å². The number of rotatable bonds is 1. The van der Waals surface area contributed by atoms with Crippen LogP contribution in [0.25, 0.3) is 0 Å². The molecule has 2 saturated heterocycles. The molecule has 0 spiro atoms. The fourth-order valence-electron chi connectivity index (χ4n) is 2.49. The van der Waals surface area contributed by atoms with Gasteiger partial charge < -0.3 is 15.0 Å². The van der Waals surface area contributed by atoms with Crippen molar-refractivity contribution >= 4 is 5.91 Å². The fraction of sp³-hybridized carbons (Fsp3) is 0.917. The van der Waals surface area contributed by atoms with E-state index in [-0.39, 0.29) is 17.6 Å². The summed E-state index contributed by atoms with van der Waals surface area (Å²) >= 11 is 0. The smallest absolute Gasteiger partial charge is 0.239 e. The van der Waals surface area contributed by atoms with Gasteiger partial charge in [0, 0.05) is 13.1 Å². The number of amides is 1. The Hall–Kier alpha value is -0.610. The Kier molecular flexibility index (Phi) is 3.50. The van der Waals surface area contributed by atoms with Gasteiger partial charge in [-0.25, -0.2) is 0 Å². The molecule has 16 heavy (non-hydrogen) atoms. The van der Waals surface area contributed by atoms with Gasteiger partial charge in [0.25, 0.3) is 0 Å². The number of carbonyl (C=O) groups is 1. The van der Waals surface area contributed by atoms with Gasteiger partial charge in [-0.3, -0.25) is 4.79 Å². The molecule has 92 valence electrons. The Morgan fingerprint density at radius 3 is 2.88 bits per heavy atom. The summed E-state index contributed by atoms with van der Waals surface area (Å²) in [5.74, 6) is 0.260. The van der Waals surface area contributed by atoms with Crippen molar-refractivity contribution in [1.82, 2.24) is 10.2 Å². The van der Waals surface area contributed by atoms with Gasteiger partial charge in [-0.1, -0.05) is 6.42 Å². The molecule has 2 aliphatic heterocycles. The van der Waals surface area contributed by atoms with Crippen LogP contribution in [0.3, 0.4) is 0 Å². The third-order valence-corrected chi connectivity index (χ3v) is 3.35. The molecular weight excluding hydrogens is 204 g/mol. The van der Waals surface area contributed by atoms with Crippen molar-refractivity contribution in [2.75, 3.05) is 26.2 Å². The van der Waals surface area contributed by atoms with Crippen molar-refractivity contribution < 1.29 is 9.53 Å². The van der Waals surface area contributed by atoms with E-state index in [2.05, 4.69) is 5.32 Å². The van der Waals surface area contributed by atoms with Crippen molar-refractivity contribution in [3.63, 3.8) is 0 Å². The van der Waals surface area contributed by atoms with Crippen molar-refractivity contribution in [1.29, 1.82) is 0 Å². The van der Waals surface area contributed by atoms with Gasteiger partial charge in [0.15, 0.2) is 0 Å². The highest BCUT2D eigenvalue weighted by Gasteiger charge is 2.33. The summed E-state index contributed by atoms with van der Waals surface area (Å²) in [5, 5.41) is 3.31. The summed E-state index contributed by atoms with van der Waals surface area (Å²) in [5.41, 5.74) is -0.192. The Bertz CT molecular complexity index is 260. The van der Waals surface area contributed by atoms with Gasteiger partial charge in [-0.05, 0) is 33.2 Å².